The molecule has 0 aromatic carbocycles. The number of hydrogen-bond donors (Lipinski definition) is 1. The maximum absolute atomic E-state index is 5.39. The fraction of sp³-hybridized carbons (Fsp3) is 0.692. The summed E-state index contributed by atoms with van der Waals surface area (Å²) in [6.45, 7) is 9.22. The van der Waals surface area contributed by atoms with Crippen LogP contribution in [0.15, 0.2) is 22.8 Å². The van der Waals surface area contributed by atoms with E-state index in [1.807, 2.05) is 12.1 Å². The molecule has 0 amide bonds. The van der Waals surface area contributed by atoms with Crippen LogP contribution in [0.25, 0.3) is 0 Å². The Balaban J connectivity index is 1.74. The molecule has 1 aliphatic heterocycles. The van der Waals surface area contributed by atoms with Gasteiger partial charge in [-0.15, -0.1) is 0 Å². The van der Waals surface area contributed by atoms with Crippen molar-refractivity contribution in [3.05, 3.63) is 24.2 Å². The molecular weight excluding hydrogens is 216 g/mol. The van der Waals surface area contributed by atoms with Crippen molar-refractivity contribution in [2.75, 3.05) is 32.8 Å². The molecule has 2 unspecified atom stereocenters. The molecule has 1 aromatic heterocycles. The average molecular weight is 238 g/mol. The van der Waals surface area contributed by atoms with Gasteiger partial charge in [0, 0.05) is 25.7 Å². The van der Waals surface area contributed by atoms with Gasteiger partial charge >= 0.3 is 0 Å². The standard InChI is InChI=1S/C13H22N2O2/c1-11(10-15-5-8-16-9-6-15)14-12(2)13-4-3-7-17-13/h3-4,7,11-12,14H,5-6,8-10H2,1-2H3. The maximum Gasteiger partial charge on any atom is 0.120 e. The number of hydrogen-bond acceptors (Lipinski definition) is 4. The number of ether oxygens (including phenoxy) is 1. The monoisotopic (exact) mass is 238 g/mol. The summed E-state index contributed by atoms with van der Waals surface area (Å²) in [4.78, 5) is 2.44. The third-order valence-corrected chi connectivity index (χ3v) is 3.14. The fourth-order valence-electron chi connectivity index (χ4n) is 2.27. The summed E-state index contributed by atoms with van der Waals surface area (Å²) in [6.07, 6.45) is 1.72. The lowest BCUT2D eigenvalue weighted by molar-refractivity contribution is 0.0338. The molecule has 0 saturated carbocycles. The van der Waals surface area contributed by atoms with Crippen LogP contribution in [-0.2, 0) is 4.74 Å². The molecule has 4 heteroatoms. The highest BCUT2D eigenvalue weighted by molar-refractivity contribution is 5.03. The second kappa shape index (κ2) is 6.19. The summed E-state index contributed by atoms with van der Waals surface area (Å²) in [7, 11) is 0. The fourth-order valence-corrected chi connectivity index (χ4v) is 2.27. The minimum Gasteiger partial charge on any atom is -0.468 e. The molecule has 17 heavy (non-hydrogen) atoms. The Kier molecular flexibility index (Phi) is 4.59. The third-order valence-electron chi connectivity index (χ3n) is 3.14. The Morgan fingerprint density at radius 1 is 1.35 bits per heavy atom. The van der Waals surface area contributed by atoms with Gasteiger partial charge in [0.2, 0.25) is 0 Å². The molecule has 0 radical (unpaired) electrons. The van der Waals surface area contributed by atoms with E-state index < -0.39 is 0 Å². The van der Waals surface area contributed by atoms with E-state index >= 15 is 0 Å². The zero-order chi connectivity index (χ0) is 12.1. The van der Waals surface area contributed by atoms with Crippen molar-refractivity contribution < 1.29 is 9.15 Å². The topological polar surface area (TPSA) is 37.6 Å². The molecule has 1 saturated heterocycles. The van der Waals surface area contributed by atoms with E-state index in [4.69, 9.17) is 9.15 Å². The van der Waals surface area contributed by atoms with Crippen LogP contribution in [0.3, 0.4) is 0 Å². The number of nitrogens with one attached hydrogen (secondary N) is 1. The van der Waals surface area contributed by atoms with Gasteiger partial charge in [-0.2, -0.15) is 0 Å². The van der Waals surface area contributed by atoms with E-state index in [2.05, 4.69) is 24.1 Å². The number of rotatable bonds is 5. The summed E-state index contributed by atoms with van der Waals surface area (Å²) in [5, 5.41) is 3.55. The molecule has 96 valence electrons. The smallest absolute Gasteiger partial charge is 0.120 e. The normalized spacial score (nSPS) is 21.3. The zero-order valence-electron chi connectivity index (χ0n) is 10.7. The lowest BCUT2D eigenvalue weighted by Crippen LogP contribution is -2.44. The first-order valence-corrected chi connectivity index (χ1v) is 6.35. The SMILES string of the molecule is CC(CN1CCOCC1)NC(C)c1ccco1. The van der Waals surface area contributed by atoms with Crippen molar-refractivity contribution in [3.8, 4) is 0 Å². The van der Waals surface area contributed by atoms with Gasteiger partial charge in [0.15, 0.2) is 0 Å². The van der Waals surface area contributed by atoms with Crippen molar-refractivity contribution in [2.24, 2.45) is 0 Å². The molecular formula is C13H22N2O2. The Bertz CT molecular complexity index is 307. The maximum atomic E-state index is 5.39. The Morgan fingerprint density at radius 2 is 2.12 bits per heavy atom. The van der Waals surface area contributed by atoms with Gasteiger partial charge in [0.1, 0.15) is 5.76 Å². The highest BCUT2D eigenvalue weighted by Crippen LogP contribution is 2.13. The number of morpholine rings is 1. The predicted octanol–water partition coefficient (Wildman–Crippen LogP) is 1.65. The Labute approximate surface area is 103 Å². The van der Waals surface area contributed by atoms with Crippen molar-refractivity contribution in [2.45, 2.75) is 25.9 Å². The van der Waals surface area contributed by atoms with Crippen molar-refractivity contribution >= 4 is 0 Å². The van der Waals surface area contributed by atoms with Gasteiger partial charge in [-0.25, -0.2) is 0 Å². The van der Waals surface area contributed by atoms with Gasteiger partial charge < -0.3 is 14.5 Å². The molecule has 1 aromatic rings. The minimum absolute atomic E-state index is 0.265. The highest BCUT2D eigenvalue weighted by Gasteiger charge is 2.16. The lowest BCUT2D eigenvalue weighted by Gasteiger charge is -2.30. The number of furan rings is 1. The Morgan fingerprint density at radius 3 is 2.76 bits per heavy atom. The van der Waals surface area contributed by atoms with E-state index in [0.29, 0.717) is 6.04 Å². The molecule has 0 bridgehead atoms. The molecule has 2 rings (SSSR count). The van der Waals surface area contributed by atoms with Gasteiger partial charge in [0.05, 0.1) is 25.5 Å². The van der Waals surface area contributed by atoms with E-state index in [-0.39, 0.29) is 6.04 Å². The van der Waals surface area contributed by atoms with Crippen molar-refractivity contribution in [1.29, 1.82) is 0 Å². The summed E-state index contributed by atoms with van der Waals surface area (Å²) in [5.41, 5.74) is 0. The first kappa shape index (κ1) is 12.6. The predicted molar refractivity (Wildman–Crippen MR) is 67.0 cm³/mol. The van der Waals surface area contributed by atoms with Crippen LogP contribution in [0.4, 0.5) is 0 Å². The quantitative estimate of drug-likeness (QED) is 0.846. The van der Waals surface area contributed by atoms with Crippen molar-refractivity contribution in [1.82, 2.24) is 10.2 Å². The van der Waals surface area contributed by atoms with Crippen molar-refractivity contribution in [3.63, 3.8) is 0 Å². The molecule has 1 fully saturated rings. The molecule has 2 atom stereocenters. The first-order valence-electron chi connectivity index (χ1n) is 6.35. The van der Waals surface area contributed by atoms with Gasteiger partial charge in [-0.3, -0.25) is 4.90 Å². The molecule has 1 N–H and O–H groups in total. The second-order valence-corrected chi connectivity index (χ2v) is 4.72. The highest BCUT2D eigenvalue weighted by atomic mass is 16.5. The third kappa shape index (κ3) is 3.84. The first-order chi connectivity index (χ1) is 8.25. The van der Waals surface area contributed by atoms with Crippen LogP contribution in [0.1, 0.15) is 25.6 Å². The summed E-state index contributed by atoms with van der Waals surface area (Å²) < 4.78 is 10.7. The average Bonchev–Trinajstić information content (AvgIpc) is 2.83. The van der Waals surface area contributed by atoms with Gasteiger partial charge in [-0.1, -0.05) is 0 Å². The van der Waals surface area contributed by atoms with E-state index in [1.165, 1.54) is 0 Å². The molecule has 4 nitrogen and oxygen atoms in total. The van der Waals surface area contributed by atoms with Crippen LogP contribution in [0.2, 0.25) is 0 Å². The summed E-state index contributed by atoms with van der Waals surface area (Å²) in [6, 6.07) is 4.66. The van der Waals surface area contributed by atoms with Crippen LogP contribution in [0.5, 0.6) is 0 Å². The van der Waals surface area contributed by atoms with E-state index in [1.54, 1.807) is 6.26 Å². The van der Waals surface area contributed by atoms with Crippen LogP contribution in [-0.4, -0.2) is 43.8 Å². The largest absolute Gasteiger partial charge is 0.468 e. The molecule has 0 spiro atoms. The van der Waals surface area contributed by atoms with Crippen LogP contribution in [0, 0.1) is 0 Å². The molecule has 0 aliphatic carbocycles. The van der Waals surface area contributed by atoms with E-state index in [0.717, 1.165) is 38.6 Å². The number of nitrogens with zero attached hydrogens (tertiary/aromatic N) is 1. The second-order valence-electron chi connectivity index (χ2n) is 4.72. The zero-order valence-corrected chi connectivity index (χ0v) is 10.7. The van der Waals surface area contributed by atoms with Gasteiger partial charge in [0.25, 0.3) is 0 Å². The summed E-state index contributed by atoms with van der Waals surface area (Å²) in [5.74, 6) is 0.999. The lowest BCUT2D eigenvalue weighted by atomic mass is 10.2. The molecule has 1 aliphatic rings. The minimum atomic E-state index is 0.265. The Hall–Kier alpha value is -0.840. The summed E-state index contributed by atoms with van der Waals surface area (Å²) >= 11 is 0. The van der Waals surface area contributed by atoms with Gasteiger partial charge in [-0.05, 0) is 26.0 Å². The van der Waals surface area contributed by atoms with Crippen LogP contribution < -0.4 is 5.32 Å². The molecule has 2 heterocycles. The van der Waals surface area contributed by atoms with Crippen LogP contribution >= 0.6 is 0 Å². The van der Waals surface area contributed by atoms with E-state index in [9.17, 15) is 0 Å².